The molecule has 0 amide bonds. The fourth-order valence-corrected chi connectivity index (χ4v) is 3.68. The van der Waals surface area contributed by atoms with Crippen molar-refractivity contribution in [1.29, 1.82) is 0 Å². The van der Waals surface area contributed by atoms with Crippen molar-refractivity contribution in [3.8, 4) is 5.82 Å². The molecule has 0 aliphatic carbocycles. The van der Waals surface area contributed by atoms with Crippen LogP contribution in [0.25, 0.3) is 16.7 Å². The van der Waals surface area contributed by atoms with Gasteiger partial charge in [-0.25, -0.2) is 9.97 Å². The van der Waals surface area contributed by atoms with Crippen molar-refractivity contribution in [2.75, 3.05) is 24.2 Å². The summed E-state index contributed by atoms with van der Waals surface area (Å²) >= 11 is 1.57. The maximum absolute atomic E-state index is 4.63. The van der Waals surface area contributed by atoms with Crippen LogP contribution >= 0.6 is 11.8 Å². The lowest BCUT2D eigenvalue weighted by Crippen LogP contribution is -2.29. The lowest BCUT2D eigenvalue weighted by atomic mass is 10.1. The molecule has 3 aromatic rings. The Bertz CT molecular complexity index is 821. The second kappa shape index (κ2) is 6.24. The highest BCUT2D eigenvalue weighted by Gasteiger charge is 2.15. The van der Waals surface area contributed by atoms with E-state index in [1.54, 1.807) is 11.8 Å². The van der Waals surface area contributed by atoms with Crippen molar-refractivity contribution in [2.24, 2.45) is 0 Å². The molecule has 0 unspecified atom stereocenters. The van der Waals surface area contributed by atoms with Crippen LogP contribution in [0.1, 0.15) is 19.3 Å². The summed E-state index contributed by atoms with van der Waals surface area (Å²) in [6.45, 7) is 2.32. The Morgan fingerprint density at radius 2 is 1.91 bits per heavy atom. The van der Waals surface area contributed by atoms with E-state index in [1.807, 2.05) is 18.5 Å². The number of aromatic nitrogens is 3. The van der Waals surface area contributed by atoms with Gasteiger partial charge >= 0.3 is 0 Å². The van der Waals surface area contributed by atoms with Crippen molar-refractivity contribution in [3.63, 3.8) is 0 Å². The minimum absolute atomic E-state index is 0.802. The highest BCUT2D eigenvalue weighted by Crippen LogP contribution is 2.31. The van der Waals surface area contributed by atoms with Crippen LogP contribution < -0.4 is 4.90 Å². The van der Waals surface area contributed by atoms with Gasteiger partial charge in [0.2, 0.25) is 0 Å². The van der Waals surface area contributed by atoms with Crippen LogP contribution in [-0.2, 0) is 0 Å². The van der Waals surface area contributed by atoms with E-state index in [9.17, 15) is 0 Å². The number of hydrogen-bond donors (Lipinski definition) is 0. The monoisotopic (exact) mass is 324 g/mol. The lowest BCUT2D eigenvalue weighted by molar-refractivity contribution is 0.579. The molecule has 1 fully saturated rings. The molecular weight excluding hydrogens is 304 g/mol. The summed E-state index contributed by atoms with van der Waals surface area (Å²) in [5.74, 6) is 0.926. The molecule has 4 nitrogen and oxygen atoms in total. The number of benzene rings is 1. The molecule has 0 spiro atoms. The summed E-state index contributed by atoms with van der Waals surface area (Å²) in [4.78, 5) is 11.4. The molecule has 0 atom stereocenters. The maximum atomic E-state index is 4.63. The van der Waals surface area contributed by atoms with Gasteiger partial charge in [0, 0.05) is 36.6 Å². The molecule has 0 radical (unpaired) electrons. The number of fused-ring (bicyclic) bond motifs is 1. The van der Waals surface area contributed by atoms with Crippen LogP contribution in [0.15, 0.2) is 47.9 Å². The molecular formula is C18H20N4S. The van der Waals surface area contributed by atoms with Crippen LogP contribution in [0.5, 0.6) is 0 Å². The second-order valence-electron chi connectivity index (χ2n) is 5.84. The minimum Gasteiger partial charge on any atom is -0.371 e. The second-order valence-corrected chi connectivity index (χ2v) is 6.62. The fraction of sp³-hybridized carbons (Fsp3) is 0.333. The standard InChI is InChI=1S/C18H20N4S/c1-23-18-19-10-8-17(20-18)22-13-9-14-15(6-5-7-16(14)22)21-11-3-2-4-12-21/h5-10,13H,2-4,11-12H2,1H3. The van der Waals surface area contributed by atoms with Crippen molar-refractivity contribution in [1.82, 2.24) is 14.5 Å². The van der Waals surface area contributed by atoms with Crippen molar-refractivity contribution >= 4 is 28.4 Å². The van der Waals surface area contributed by atoms with Crippen molar-refractivity contribution in [2.45, 2.75) is 24.4 Å². The van der Waals surface area contributed by atoms with Gasteiger partial charge in [-0.05, 0) is 49.8 Å². The van der Waals surface area contributed by atoms with E-state index >= 15 is 0 Å². The number of rotatable bonds is 3. The molecule has 0 N–H and O–H groups in total. The Labute approximate surface area is 140 Å². The summed E-state index contributed by atoms with van der Waals surface area (Å²) in [6, 6.07) is 10.7. The Kier molecular flexibility index (Phi) is 3.95. The molecule has 1 saturated heterocycles. The summed E-state index contributed by atoms with van der Waals surface area (Å²) in [5.41, 5.74) is 2.55. The van der Waals surface area contributed by atoms with E-state index < -0.39 is 0 Å². The Balaban J connectivity index is 1.80. The van der Waals surface area contributed by atoms with Gasteiger partial charge in [-0.2, -0.15) is 0 Å². The SMILES string of the molecule is CSc1nccc(-n2ccc3c(N4CCCCC4)cccc32)n1. The highest BCUT2D eigenvalue weighted by atomic mass is 32.2. The van der Waals surface area contributed by atoms with Crippen LogP contribution in [0.4, 0.5) is 5.69 Å². The third-order valence-electron chi connectivity index (χ3n) is 4.45. The van der Waals surface area contributed by atoms with Crippen LogP contribution in [0.2, 0.25) is 0 Å². The average molecular weight is 324 g/mol. The first-order valence-electron chi connectivity index (χ1n) is 8.09. The van der Waals surface area contributed by atoms with Gasteiger partial charge in [0.15, 0.2) is 5.16 Å². The zero-order valence-corrected chi connectivity index (χ0v) is 14.1. The van der Waals surface area contributed by atoms with E-state index in [1.165, 1.54) is 35.9 Å². The Morgan fingerprint density at radius 1 is 1.04 bits per heavy atom. The number of anilines is 1. The van der Waals surface area contributed by atoms with Gasteiger partial charge in [0.05, 0.1) is 5.52 Å². The summed E-state index contributed by atoms with van der Waals surface area (Å²) in [5, 5.41) is 2.11. The first-order valence-corrected chi connectivity index (χ1v) is 9.32. The molecule has 1 aromatic carbocycles. The molecule has 1 aliphatic heterocycles. The highest BCUT2D eigenvalue weighted by molar-refractivity contribution is 7.98. The summed E-state index contributed by atoms with van der Waals surface area (Å²) < 4.78 is 2.16. The zero-order valence-electron chi connectivity index (χ0n) is 13.3. The third-order valence-corrected chi connectivity index (χ3v) is 5.02. The zero-order chi connectivity index (χ0) is 15.6. The normalized spacial score (nSPS) is 15.3. The first-order chi connectivity index (χ1) is 11.4. The van der Waals surface area contributed by atoms with Gasteiger partial charge in [0.25, 0.3) is 0 Å². The fourth-order valence-electron chi connectivity index (χ4n) is 3.33. The van der Waals surface area contributed by atoms with Crippen LogP contribution in [0.3, 0.4) is 0 Å². The predicted molar refractivity (Wildman–Crippen MR) is 96.7 cm³/mol. The van der Waals surface area contributed by atoms with Gasteiger partial charge in [-0.15, -0.1) is 0 Å². The maximum Gasteiger partial charge on any atom is 0.189 e. The Hall–Kier alpha value is -2.01. The molecule has 23 heavy (non-hydrogen) atoms. The largest absolute Gasteiger partial charge is 0.371 e. The van der Waals surface area contributed by atoms with E-state index in [0.29, 0.717) is 0 Å². The molecule has 118 valence electrons. The number of nitrogens with zero attached hydrogens (tertiary/aromatic N) is 4. The molecule has 3 heterocycles. The van der Waals surface area contributed by atoms with Crippen LogP contribution in [-0.4, -0.2) is 33.9 Å². The van der Waals surface area contributed by atoms with E-state index in [-0.39, 0.29) is 0 Å². The molecule has 1 aliphatic rings. The van der Waals surface area contributed by atoms with Gasteiger partial charge in [-0.3, -0.25) is 0 Å². The van der Waals surface area contributed by atoms with Gasteiger partial charge in [-0.1, -0.05) is 17.8 Å². The average Bonchev–Trinajstić information content (AvgIpc) is 3.06. The number of piperidine rings is 1. The topological polar surface area (TPSA) is 34.0 Å². The van der Waals surface area contributed by atoms with Crippen molar-refractivity contribution in [3.05, 3.63) is 42.7 Å². The molecule has 0 saturated carbocycles. The van der Waals surface area contributed by atoms with Gasteiger partial charge < -0.3 is 9.47 Å². The number of thioether (sulfide) groups is 1. The van der Waals surface area contributed by atoms with Gasteiger partial charge in [0.1, 0.15) is 5.82 Å². The molecule has 5 heteroatoms. The van der Waals surface area contributed by atoms with E-state index in [2.05, 4.69) is 49.9 Å². The van der Waals surface area contributed by atoms with E-state index in [4.69, 9.17) is 0 Å². The van der Waals surface area contributed by atoms with Crippen molar-refractivity contribution < 1.29 is 0 Å². The first kappa shape index (κ1) is 14.6. The summed E-state index contributed by atoms with van der Waals surface area (Å²) in [7, 11) is 0. The molecule has 4 rings (SSSR count). The smallest absolute Gasteiger partial charge is 0.189 e. The Morgan fingerprint density at radius 3 is 2.74 bits per heavy atom. The minimum atomic E-state index is 0.802. The van der Waals surface area contributed by atoms with Crippen LogP contribution in [0, 0.1) is 0 Å². The quantitative estimate of drug-likeness (QED) is 0.536. The molecule has 2 aromatic heterocycles. The lowest BCUT2D eigenvalue weighted by Gasteiger charge is -2.29. The number of hydrogen-bond acceptors (Lipinski definition) is 4. The van der Waals surface area contributed by atoms with E-state index in [0.717, 1.165) is 24.1 Å². The predicted octanol–water partition coefficient (Wildman–Crippen LogP) is 4.13. The summed E-state index contributed by atoms with van der Waals surface area (Å²) in [6.07, 6.45) is 9.88. The molecule has 0 bridgehead atoms. The third kappa shape index (κ3) is 2.70.